The van der Waals surface area contributed by atoms with Crippen LogP contribution in [-0.4, -0.2) is 18.4 Å². The van der Waals surface area contributed by atoms with Gasteiger partial charge in [-0.05, 0) is 37.8 Å². The molecule has 0 aliphatic heterocycles. The zero-order valence-electron chi connectivity index (χ0n) is 10.2. The fraction of sp³-hybridized carbons (Fsp3) is 0.500. The van der Waals surface area contributed by atoms with Crippen LogP contribution >= 0.6 is 0 Å². The van der Waals surface area contributed by atoms with Crippen LogP contribution in [-0.2, 0) is 0 Å². The van der Waals surface area contributed by atoms with Gasteiger partial charge in [0.2, 0.25) is 0 Å². The summed E-state index contributed by atoms with van der Waals surface area (Å²) in [6, 6.07) is 7.36. The van der Waals surface area contributed by atoms with E-state index in [-0.39, 0.29) is 11.8 Å². The van der Waals surface area contributed by atoms with Crippen molar-refractivity contribution in [3.05, 3.63) is 29.8 Å². The molecule has 92 valence electrons. The summed E-state index contributed by atoms with van der Waals surface area (Å²) in [5, 5.41) is 0. The third-order valence-electron chi connectivity index (χ3n) is 3.12. The number of ketones is 1. The Hall–Kier alpha value is -1.35. The summed E-state index contributed by atoms with van der Waals surface area (Å²) in [4.78, 5) is 12.0. The van der Waals surface area contributed by atoms with Crippen molar-refractivity contribution in [2.45, 2.75) is 32.2 Å². The molecule has 1 aliphatic carbocycles. The Morgan fingerprint density at radius 1 is 1.53 bits per heavy atom. The predicted molar refractivity (Wildman–Crippen MR) is 67.3 cm³/mol. The van der Waals surface area contributed by atoms with Crippen LogP contribution in [0.25, 0.3) is 0 Å². The molecule has 1 atom stereocenters. The van der Waals surface area contributed by atoms with Gasteiger partial charge in [-0.3, -0.25) is 4.79 Å². The molecule has 0 radical (unpaired) electrons. The Morgan fingerprint density at radius 2 is 2.29 bits per heavy atom. The SMILES string of the molecule is CCOc1cccc(C(=O)CC(N)C2CC2)c1. The number of hydrogen-bond acceptors (Lipinski definition) is 3. The number of benzene rings is 1. The number of rotatable bonds is 6. The second kappa shape index (κ2) is 5.32. The first kappa shape index (κ1) is 12.1. The van der Waals surface area contributed by atoms with Crippen molar-refractivity contribution in [3.63, 3.8) is 0 Å². The van der Waals surface area contributed by atoms with Crippen molar-refractivity contribution >= 4 is 5.78 Å². The number of carbonyl (C=O) groups is 1. The normalized spacial score (nSPS) is 16.6. The molecule has 0 aromatic heterocycles. The van der Waals surface area contributed by atoms with Crippen molar-refractivity contribution in [2.75, 3.05) is 6.61 Å². The summed E-state index contributed by atoms with van der Waals surface area (Å²) in [5.74, 6) is 1.43. The van der Waals surface area contributed by atoms with Crippen LogP contribution in [0.4, 0.5) is 0 Å². The number of ether oxygens (including phenoxy) is 1. The van der Waals surface area contributed by atoms with Crippen LogP contribution in [0.2, 0.25) is 0 Å². The quantitative estimate of drug-likeness (QED) is 0.767. The minimum atomic E-state index is 0.0262. The summed E-state index contributed by atoms with van der Waals surface area (Å²) in [6.45, 7) is 2.54. The highest BCUT2D eigenvalue weighted by Gasteiger charge is 2.29. The van der Waals surface area contributed by atoms with Crippen molar-refractivity contribution in [1.29, 1.82) is 0 Å². The molecule has 0 amide bonds. The lowest BCUT2D eigenvalue weighted by Gasteiger charge is -2.10. The van der Waals surface area contributed by atoms with E-state index in [9.17, 15) is 4.79 Å². The fourth-order valence-electron chi connectivity index (χ4n) is 1.95. The Kier molecular flexibility index (Phi) is 3.79. The number of hydrogen-bond donors (Lipinski definition) is 1. The van der Waals surface area contributed by atoms with Gasteiger partial charge in [-0.1, -0.05) is 12.1 Å². The average Bonchev–Trinajstić information content (AvgIpc) is 3.13. The molecule has 0 saturated heterocycles. The van der Waals surface area contributed by atoms with E-state index >= 15 is 0 Å². The van der Waals surface area contributed by atoms with Gasteiger partial charge < -0.3 is 10.5 Å². The summed E-state index contributed by atoms with van der Waals surface area (Å²) >= 11 is 0. The smallest absolute Gasteiger partial charge is 0.164 e. The van der Waals surface area contributed by atoms with Crippen molar-refractivity contribution < 1.29 is 9.53 Å². The van der Waals surface area contributed by atoms with E-state index in [1.807, 2.05) is 25.1 Å². The average molecular weight is 233 g/mol. The molecule has 1 saturated carbocycles. The third kappa shape index (κ3) is 3.30. The van der Waals surface area contributed by atoms with Crippen molar-refractivity contribution in [3.8, 4) is 5.75 Å². The van der Waals surface area contributed by atoms with Gasteiger partial charge in [0.1, 0.15) is 5.75 Å². The van der Waals surface area contributed by atoms with E-state index in [0.717, 1.165) is 5.75 Å². The highest BCUT2D eigenvalue weighted by Crippen LogP contribution is 2.33. The molecule has 1 aromatic carbocycles. The zero-order valence-corrected chi connectivity index (χ0v) is 10.2. The largest absolute Gasteiger partial charge is 0.494 e. The van der Waals surface area contributed by atoms with Crippen LogP contribution < -0.4 is 10.5 Å². The molecular formula is C14H19NO2. The Balaban J connectivity index is 1.99. The maximum atomic E-state index is 12.0. The van der Waals surface area contributed by atoms with Crippen LogP contribution in [0, 0.1) is 5.92 Å². The van der Waals surface area contributed by atoms with E-state index in [1.165, 1.54) is 12.8 Å². The van der Waals surface area contributed by atoms with Gasteiger partial charge in [0, 0.05) is 18.0 Å². The molecule has 3 nitrogen and oxygen atoms in total. The number of carbonyl (C=O) groups excluding carboxylic acids is 1. The predicted octanol–water partition coefficient (Wildman–Crippen LogP) is 2.40. The minimum Gasteiger partial charge on any atom is -0.494 e. The summed E-state index contributed by atoms with van der Waals surface area (Å²) < 4.78 is 5.38. The Labute approximate surface area is 102 Å². The molecule has 1 aromatic rings. The second-order valence-corrected chi connectivity index (χ2v) is 4.59. The van der Waals surface area contributed by atoms with Gasteiger partial charge in [0.25, 0.3) is 0 Å². The molecule has 2 rings (SSSR count). The molecule has 0 bridgehead atoms. The maximum absolute atomic E-state index is 12.0. The van der Waals surface area contributed by atoms with E-state index in [1.54, 1.807) is 6.07 Å². The summed E-state index contributed by atoms with van der Waals surface area (Å²) in [6.07, 6.45) is 2.79. The first-order chi connectivity index (χ1) is 8.20. The van der Waals surface area contributed by atoms with Gasteiger partial charge in [-0.15, -0.1) is 0 Å². The molecule has 1 aliphatic rings. The topological polar surface area (TPSA) is 52.3 Å². The minimum absolute atomic E-state index is 0.0262. The lowest BCUT2D eigenvalue weighted by atomic mass is 10.0. The van der Waals surface area contributed by atoms with Gasteiger partial charge in [0.05, 0.1) is 6.61 Å². The molecular weight excluding hydrogens is 214 g/mol. The van der Waals surface area contributed by atoms with E-state index in [2.05, 4.69) is 0 Å². The number of nitrogens with two attached hydrogens (primary N) is 1. The third-order valence-corrected chi connectivity index (χ3v) is 3.12. The second-order valence-electron chi connectivity index (χ2n) is 4.59. The van der Waals surface area contributed by atoms with E-state index < -0.39 is 0 Å². The number of Topliss-reactive ketones (excluding diaryl/α,β-unsaturated/α-hetero) is 1. The highest BCUT2D eigenvalue weighted by molar-refractivity contribution is 5.96. The van der Waals surface area contributed by atoms with Crippen molar-refractivity contribution in [1.82, 2.24) is 0 Å². The Morgan fingerprint density at radius 3 is 2.94 bits per heavy atom. The monoisotopic (exact) mass is 233 g/mol. The van der Waals surface area contributed by atoms with Crippen LogP contribution in [0.15, 0.2) is 24.3 Å². The lowest BCUT2D eigenvalue weighted by molar-refractivity contribution is 0.0971. The first-order valence-corrected chi connectivity index (χ1v) is 6.22. The van der Waals surface area contributed by atoms with Crippen LogP contribution in [0.3, 0.4) is 0 Å². The molecule has 2 N–H and O–H groups in total. The molecule has 0 spiro atoms. The fourth-order valence-corrected chi connectivity index (χ4v) is 1.95. The zero-order chi connectivity index (χ0) is 12.3. The highest BCUT2D eigenvalue weighted by atomic mass is 16.5. The van der Waals surface area contributed by atoms with Crippen molar-refractivity contribution in [2.24, 2.45) is 11.7 Å². The molecule has 1 unspecified atom stereocenters. The molecule has 0 heterocycles. The molecule has 3 heteroatoms. The van der Waals surface area contributed by atoms with Gasteiger partial charge in [-0.25, -0.2) is 0 Å². The van der Waals surface area contributed by atoms with Gasteiger partial charge >= 0.3 is 0 Å². The van der Waals surface area contributed by atoms with E-state index in [4.69, 9.17) is 10.5 Å². The summed E-state index contributed by atoms with van der Waals surface area (Å²) in [5.41, 5.74) is 6.66. The standard InChI is InChI=1S/C14H19NO2/c1-2-17-12-5-3-4-11(8-12)14(16)9-13(15)10-6-7-10/h3-5,8,10,13H,2,6-7,9,15H2,1H3. The van der Waals surface area contributed by atoms with Crippen LogP contribution in [0.1, 0.15) is 36.5 Å². The lowest BCUT2D eigenvalue weighted by Crippen LogP contribution is -2.25. The van der Waals surface area contributed by atoms with Gasteiger partial charge in [0.15, 0.2) is 5.78 Å². The first-order valence-electron chi connectivity index (χ1n) is 6.22. The summed E-state index contributed by atoms with van der Waals surface area (Å²) in [7, 11) is 0. The van der Waals surface area contributed by atoms with Crippen LogP contribution in [0.5, 0.6) is 5.75 Å². The molecule has 1 fully saturated rings. The molecule has 17 heavy (non-hydrogen) atoms. The van der Waals surface area contributed by atoms with Gasteiger partial charge in [-0.2, -0.15) is 0 Å². The van der Waals surface area contributed by atoms with E-state index in [0.29, 0.717) is 24.5 Å². The maximum Gasteiger partial charge on any atom is 0.164 e. The Bertz CT molecular complexity index is 399.